The largest absolute Gasteiger partial charge is 0.317 e. The molecule has 0 spiro atoms. The molecule has 1 aromatic rings. The van der Waals surface area contributed by atoms with E-state index in [4.69, 9.17) is 0 Å². The SMILES string of the molecule is CNC(Cc1cc(C)nn1C)CC(C)CC(C)(C)C. The molecule has 0 saturated carbocycles. The minimum atomic E-state index is 0.417. The molecule has 0 saturated heterocycles. The van der Waals surface area contributed by atoms with Crippen LogP contribution in [0.4, 0.5) is 0 Å². The van der Waals surface area contributed by atoms with E-state index in [1.165, 1.54) is 18.5 Å². The quantitative estimate of drug-likeness (QED) is 0.855. The lowest BCUT2D eigenvalue weighted by molar-refractivity contribution is 0.276. The van der Waals surface area contributed by atoms with Crippen LogP contribution >= 0.6 is 0 Å². The Labute approximate surface area is 118 Å². The molecule has 0 amide bonds. The molecule has 0 aromatic carbocycles. The van der Waals surface area contributed by atoms with E-state index in [1.54, 1.807) is 0 Å². The summed E-state index contributed by atoms with van der Waals surface area (Å²) in [5.74, 6) is 0.742. The number of hydrogen-bond donors (Lipinski definition) is 1. The first-order valence-electron chi connectivity index (χ1n) is 7.38. The second kappa shape index (κ2) is 6.56. The van der Waals surface area contributed by atoms with Crippen molar-refractivity contribution in [1.29, 1.82) is 0 Å². The third-order valence-electron chi connectivity index (χ3n) is 3.61. The predicted octanol–water partition coefficient (Wildman–Crippen LogP) is 3.32. The Morgan fingerprint density at radius 2 is 2.00 bits per heavy atom. The minimum absolute atomic E-state index is 0.417. The van der Waals surface area contributed by atoms with Crippen molar-refractivity contribution < 1.29 is 0 Å². The first kappa shape index (κ1) is 16.2. The molecule has 2 unspecified atom stereocenters. The Morgan fingerprint density at radius 3 is 2.42 bits per heavy atom. The van der Waals surface area contributed by atoms with Gasteiger partial charge in [0, 0.05) is 25.2 Å². The van der Waals surface area contributed by atoms with E-state index >= 15 is 0 Å². The zero-order valence-corrected chi connectivity index (χ0v) is 13.7. The molecule has 0 aliphatic rings. The Balaban J connectivity index is 2.57. The van der Waals surface area contributed by atoms with Crippen LogP contribution in [0.5, 0.6) is 0 Å². The molecule has 3 heteroatoms. The van der Waals surface area contributed by atoms with Crippen LogP contribution in [0.1, 0.15) is 51.9 Å². The molecule has 0 aliphatic heterocycles. The standard InChI is InChI=1S/C16H31N3/c1-12(11-16(3,4)5)8-14(17-6)10-15-9-13(2)18-19(15)7/h9,12,14,17H,8,10-11H2,1-7H3. The van der Waals surface area contributed by atoms with Gasteiger partial charge in [-0.15, -0.1) is 0 Å². The molecule has 1 aromatic heterocycles. The summed E-state index contributed by atoms with van der Waals surface area (Å²) in [6, 6.07) is 2.73. The molecular weight excluding hydrogens is 234 g/mol. The normalized spacial score (nSPS) is 15.5. The van der Waals surface area contributed by atoms with Crippen LogP contribution in [-0.2, 0) is 13.5 Å². The summed E-state index contributed by atoms with van der Waals surface area (Å²) in [5, 5.41) is 7.89. The van der Waals surface area contributed by atoms with Crippen molar-refractivity contribution in [2.45, 2.75) is 59.9 Å². The Hall–Kier alpha value is -0.830. The van der Waals surface area contributed by atoms with Gasteiger partial charge in [-0.2, -0.15) is 5.10 Å². The van der Waals surface area contributed by atoms with Gasteiger partial charge in [-0.3, -0.25) is 4.68 Å². The third kappa shape index (κ3) is 5.77. The van der Waals surface area contributed by atoms with E-state index < -0.39 is 0 Å². The van der Waals surface area contributed by atoms with Gasteiger partial charge < -0.3 is 5.32 Å². The van der Waals surface area contributed by atoms with Crippen LogP contribution in [0, 0.1) is 18.3 Å². The predicted molar refractivity (Wildman–Crippen MR) is 82.3 cm³/mol. The third-order valence-corrected chi connectivity index (χ3v) is 3.61. The lowest BCUT2D eigenvalue weighted by Crippen LogP contribution is -2.31. The monoisotopic (exact) mass is 265 g/mol. The fraction of sp³-hybridized carbons (Fsp3) is 0.812. The summed E-state index contributed by atoms with van der Waals surface area (Å²) in [6.07, 6.45) is 3.55. The first-order valence-corrected chi connectivity index (χ1v) is 7.38. The molecule has 0 radical (unpaired) electrons. The second-order valence-electron chi connectivity index (χ2n) is 7.20. The molecular formula is C16H31N3. The van der Waals surface area contributed by atoms with Crippen LogP contribution in [-0.4, -0.2) is 22.9 Å². The molecule has 1 N–H and O–H groups in total. The first-order chi connectivity index (χ1) is 8.71. The van der Waals surface area contributed by atoms with Crippen molar-refractivity contribution >= 4 is 0 Å². The zero-order valence-electron chi connectivity index (χ0n) is 13.7. The van der Waals surface area contributed by atoms with Gasteiger partial charge >= 0.3 is 0 Å². The van der Waals surface area contributed by atoms with Crippen LogP contribution in [0.2, 0.25) is 0 Å². The second-order valence-corrected chi connectivity index (χ2v) is 7.20. The fourth-order valence-corrected chi connectivity index (χ4v) is 3.03. The van der Waals surface area contributed by atoms with E-state index in [9.17, 15) is 0 Å². The molecule has 1 rings (SSSR count). The molecule has 19 heavy (non-hydrogen) atoms. The molecule has 0 aliphatic carbocycles. The van der Waals surface area contributed by atoms with Crippen LogP contribution < -0.4 is 5.32 Å². The molecule has 110 valence electrons. The smallest absolute Gasteiger partial charge is 0.0596 e. The fourth-order valence-electron chi connectivity index (χ4n) is 3.03. The van der Waals surface area contributed by atoms with E-state index in [2.05, 4.69) is 58.1 Å². The highest BCUT2D eigenvalue weighted by molar-refractivity contribution is 5.10. The van der Waals surface area contributed by atoms with E-state index in [0.29, 0.717) is 11.5 Å². The highest BCUT2D eigenvalue weighted by Gasteiger charge is 2.19. The highest BCUT2D eigenvalue weighted by atomic mass is 15.3. The van der Waals surface area contributed by atoms with Gasteiger partial charge in [0.15, 0.2) is 0 Å². The van der Waals surface area contributed by atoms with Gasteiger partial charge in [0.05, 0.1) is 5.69 Å². The van der Waals surface area contributed by atoms with Crippen LogP contribution in [0.3, 0.4) is 0 Å². The molecule has 1 heterocycles. The van der Waals surface area contributed by atoms with Crippen LogP contribution in [0.25, 0.3) is 0 Å². The van der Waals surface area contributed by atoms with Gasteiger partial charge in [0.25, 0.3) is 0 Å². The van der Waals surface area contributed by atoms with E-state index in [-0.39, 0.29) is 0 Å². The molecule has 2 atom stereocenters. The van der Waals surface area contributed by atoms with Crippen molar-refractivity contribution in [1.82, 2.24) is 15.1 Å². The summed E-state index contributed by atoms with van der Waals surface area (Å²) in [6.45, 7) is 11.4. The maximum absolute atomic E-state index is 4.43. The topological polar surface area (TPSA) is 29.9 Å². The Kier molecular flexibility index (Phi) is 5.60. The number of aromatic nitrogens is 2. The van der Waals surface area contributed by atoms with E-state index in [1.807, 2.05) is 11.7 Å². The van der Waals surface area contributed by atoms with Gasteiger partial charge in [-0.25, -0.2) is 0 Å². The van der Waals surface area contributed by atoms with Crippen molar-refractivity contribution in [3.8, 4) is 0 Å². The summed E-state index contributed by atoms with van der Waals surface area (Å²) in [5.41, 5.74) is 2.84. The average Bonchev–Trinajstić information content (AvgIpc) is 2.53. The summed E-state index contributed by atoms with van der Waals surface area (Å²) < 4.78 is 2.01. The number of rotatable bonds is 6. The number of hydrogen-bond acceptors (Lipinski definition) is 2. The Bertz CT molecular complexity index is 387. The lowest BCUT2D eigenvalue weighted by Gasteiger charge is -2.26. The molecule has 0 bridgehead atoms. The highest BCUT2D eigenvalue weighted by Crippen LogP contribution is 2.27. The van der Waals surface area contributed by atoms with Gasteiger partial charge in [-0.05, 0) is 44.2 Å². The van der Waals surface area contributed by atoms with Gasteiger partial charge in [-0.1, -0.05) is 27.7 Å². The maximum atomic E-state index is 4.43. The lowest BCUT2D eigenvalue weighted by atomic mass is 9.82. The van der Waals surface area contributed by atoms with Crippen LogP contribution in [0.15, 0.2) is 6.07 Å². The zero-order chi connectivity index (χ0) is 14.6. The van der Waals surface area contributed by atoms with Crippen molar-refractivity contribution in [3.63, 3.8) is 0 Å². The van der Waals surface area contributed by atoms with Crippen molar-refractivity contribution in [2.24, 2.45) is 18.4 Å². The minimum Gasteiger partial charge on any atom is -0.317 e. The number of likely N-dealkylation sites (N-methyl/N-ethyl adjacent to an activating group) is 1. The average molecular weight is 265 g/mol. The summed E-state index contributed by atoms with van der Waals surface area (Å²) >= 11 is 0. The summed E-state index contributed by atoms with van der Waals surface area (Å²) in [4.78, 5) is 0. The maximum Gasteiger partial charge on any atom is 0.0596 e. The number of nitrogens with zero attached hydrogens (tertiary/aromatic N) is 2. The van der Waals surface area contributed by atoms with Gasteiger partial charge in [0.2, 0.25) is 0 Å². The molecule has 0 fully saturated rings. The van der Waals surface area contributed by atoms with Crippen molar-refractivity contribution in [2.75, 3.05) is 7.05 Å². The number of nitrogens with one attached hydrogen (secondary N) is 1. The van der Waals surface area contributed by atoms with Crippen molar-refractivity contribution in [3.05, 3.63) is 17.5 Å². The van der Waals surface area contributed by atoms with Gasteiger partial charge in [0.1, 0.15) is 0 Å². The Morgan fingerprint density at radius 1 is 1.37 bits per heavy atom. The summed E-state index contributed by atoms with van der Waals surface area (Å²) in [7, 11) is 4.10. The molecule has 3 nitrogen and oxygen atoms in total. The number of aryl methyl sites for hydroxylation is 2. The van der Waals surface area contributed by atoms with E-state index in [0.717, 1.165) is 18.0 Å².